The molecule has 3 nitrogen and oxygen atoms in total. The largest absolute Gasteiger partial charge is 0.396 e. The van der Waals surface area contributed by atoms with Gasteiger partial charge in [0, 0.05) is 12.7 Å². The quantitative estimate of drug-likeness (QED) is 0.821. The Hall–Kier alpha value is -1.25. The van der Waals surface area contributed by atoms with Crippen molar-refractivity contribution in [2.75, 3.05) is 17.6 Å². The second-order valence-corrected chi connectivity index (χ2v) is 4.53. The van der Waals surface area contributed by atoms with Crippen molar-refractivity contribution < 1.29 is 0 Å². The second kappa shape index (κ2) is 5.19. The van der Waals surface area contributed by atoms with Gasteiger partial charge in [0.2, 0.25) is 0 Å². The zero-order chi connectivity index (χ0) is 11.4. The maximum absolute atomic E-state index is 6.18. The van der Waals surface area contributed by atoms with Crippen molar-refractivity contribution in [3.05, 3.63) is 17.8 Å². The van der Waals surface area contributed by atoms with Crippen molar-refractivity contribution in [3.8, 4) is 0 Å². The highest BCUT2D eigenvalue weighted by molar-refractivity contribution is 5.66. The highest BCUT2D eigenvalue weighted by atomic mass is 15.0. The van der Waals surface area contributed by atoms with Gasteiger partial charge in [-0.15, -0.1) is 0 Å². The summed E-state index contributed by atoms with van der Waals surface area (Å²) in [7, 11) is 0. The van der Waals surface area contributed by atoms with Crippen LogP contribution in [0.4, 0.5) is 11.5 Å². The van der Waals surface area contributed by atoms with E-state index in [1.165, 1.54) is 37.7 Å². The van der Waals surface area contributed by atoms with Crippen LogP contribution in [0.15, 0.2) is 12.3 Å². The molecule has 0 amide bonds. The Kier molecular flexibility index (Phi) is 3.65. The van der Waals surface area contributed by atoms with Gasteiger partial charge in [-0.3, -0.25) is 0 Å². The molecule has 2 rings (SSSR count). The molecule has 0 aromatic carbocycles. The molecule has 1 aromatic heterocycles. The fourth-order valence-corrected chi connectivity index (χ4v) is 2.57. The monoisotopic (exact) mass is 219 g/mol. The van der Waals surface area contributed by atoms with Gasteiger partial charge in [0.05, 0.1) is 5.69 Å². The fourth-order valence-electron chi connectivity index (χ4n) is 2.57. The van der Waals surface area contributed by atoms with Gasteiger partial charge in [0.1, 0.15) is 5.82 Å². The van der Waals surface area contributed by atoms with Crippen LogP contribution in [0.2, 0.25) is 0 Å². The third kappa shape index (κ3) is 2.29. The normalized spacial score (nSPS) is 17.3. The summed E-state index contributed by atoms with van der Waals surface area (Å²) in [5, 5.41) is 3.22. The second-order valence-electron chi connectivity index (χ2n) is 4.53. The van der Waals surface area contributed by atoms with E-state index in [1.54, 1.807) is 0 Å². The summed E-state index contributed by atoms with van der Waals surface area (Å²) >= 11 is 0. The van der Waals surface area contributed by atoms with E-state index in [2.05, 4.69) is 23.3 Å². The Labute approximate surface area is 97.5 Å². The number of anilines is 2. The van der Waals surface area contributed by atoms with Gasteiger partial charge in [0.25, 0.3) is 0 Å². The van der Waals surface area contributed by atoms with Crippen LogP contribution in [-0.4, -0.2) is 11.5 Å². The summed E-state index contributed by atoms with van der Waals surface area (Å²) in [5.74, 6) is 1.50. The average Bonchev–Trinajstić information content (AvgIpc) is 2.33. The zero-order valence-electron chi connectivity index (χ0n) is 10.00. The number of hydrogen-bond donors (Lipinski definition) is 2. The molecule has 3 N–H and O–H groups in total. The summed E-state index contributed by atoms with van der Waals surface area (Å²) < 4.78 is 0. The first-order valence-corrected chi connectivity index (χ1v) is 6.31. The molecule has 1 fully saturated rings. The molecule has 0 unspecified atom stereocenters. The van der Waals surface area contributed by atoms with Gasteiger partial charge < -0.3 is 11.1 Å². The lowest BCUT2D eigenvalue weighted by Gasteiger charge is -2.24. The number of nitrogens with zero attached hydrogens (tertiary/aromatic N) is 1. The first-order valence-electron chi connectivity index (χ1n) is 6.31. The lowest BCUT2D eigenvalue weighted by atomic mass is 9.84. The number of nitrogens with two attached hydrogens (primary N) is 1. The van der Waals surface area contributed by atoms with Crippen molar-refractivity contribution in [2.45, 2.75) is 44.9 Å². The maximum Gasteiger partial charge on any atom is 0.149 e. The SMILES string of the molecule is CCNc1nccc(C2CCCCC2)c1N. The Morgan fingerprint density at radius 1 is 1.38 bits per heavy atom. The van der Waals surface area contributed by atoms with Crippen LogP contribution < -0.4 is 11.1 Å². The highest BCUT2D eigenvalue weighted by Gasteiger charge is 2.19. The minimum atomic E-state index is 0.647. The lowest BCUT2D eigenvalue weighted by molar-refractivity contribution is 0.444. The predicted octanol–water partition coefficient (Wildman–Crippen LogP) is 3.14. The number of rotatable bonds is 3. The van der Waals surface area contributed by atoms with E-state index in [9.17, 15) is 0 Å². The Balaban J connectivity index is 2.22. The number of hydrogen-bond acceptors (Lipinski definition) is 3. The maximum atomic E-state index is 6.18. The molecule has 0 saturated heterocycles. The fraction of sp³-hybridized carbons (Fsp3) is 0.615. The van der Waals surface area contributed by atoms with Crippen LogP contribution in [0.25, 0.3) is 0 Å². The van der Waals surface area contributed by atoms with Crippen molar-refractivity contribution in [1.82, 2.24) is 4.98 Å². The van der Waals surface area contributed by atoms with Crippen LogP contribution in [0, 0.1) is 0 Å². The Morgan fingerprint density at radius 3 is 2.81 bits per heavy atom. The molecule has 0 aliphatic heterocycles. The molecule has 0 radical (unpaired) electrons. The van der Waals surface area contributed by atoms with Gasteiger partial charge in [-0.1, -0.05) is 19.3 Å². The Bertz CT molecular complexity index is 343. The molecule has 0 bridgehead atoms. The van der Waals surface area contributed by atoms with Gasteiger partial charge in [-0.2, -0.15) is 0 Å². The van der Waals surface area contributed by atoms with Crippen LogP contribution >= 0.6 is 0 Å². The van der Waals surface area contributed by atoms with Crippen molar-refractivity contribution in [2.24, 2.45) is 0 Å². The zero-order valence-corrected chi connectivity index (χ0v) is 10.00. The van der Waals surface area contributed by atoms with E-state index in [0.717, 1.165) is 18.1 Å². The molecule has 16 heavy (non-hydrogen) atoms. The average molecular weight is 219 g/mol. The summed E-state index contributed by atoms with van der Waals surface area (Å²) in [6.45, 7) is 2.93. The molecular weight excluding hydrogens is 198 g/mol. The summed E-state index contributed by atoms with van der Waals surface area (Å²) in [4.78, 5) is 4.29. The van der Waals surface area contributed by atoms with E-state index in [-0.39, 0.29) is 0 Å². The number of aromatic nitrogens is 1. The highest BCUT2D eigenvalue weighted by Crippen LogP contribution is 2.37. The number of nitrogen functional groups attached to an aromatic ring is 1. The van der Waals surface area contributed by atoms with Gasteiger partial charge in [-0.25, -0.2) is 4.98 Å². The summed E-state index contributed by atoms with van der Waals surface area (Å²) in [5.41, 5.74) is 8.33. The predicted molar refractivity (Wildman–Crippen MR) is 68.6 cm³/mol. The van der Waals surface area contributed by atoms with Crippen LogP contribution in [0.3, 0.4) is 0 Å². The third-order valence-electron chi connectivity index (χ3n) is 3.41. The van der Waals surface area contributed by atoms with Crippen molar-refractivity contribution >= 4 is 11.5 Å². The topological polar surface area (TPSA) is 50.9 Å². The molecular formula is C13H21N3. The molecule has 1 heterocycles. The van der Waals surface area contributed by atoms with Gasteiger partial charge in [-0.05, 0) is 37.3 Å². The van der Waals surface area contributed by atoms with E-state index in [0.29, 0.717) is 5.92 Å². The molecule has 1 aliphatic rings. The minimum Gasteiger partial charge on any atom is -0.396 e. The van der Waals surface area contributed by atoms with E-state index >= 15 is 0 Å². The first kappa shape index (κ1) is 11.2. The number of nitrogens with one attached hydrogen (secondary N) is 1. The molecule has 0 atom stereocenters. The first-order chi connectivity index (χ1) is 7.83. The smallest absolute Gasteiger partial charge is 0.149 e. The Morgan fingerprint density at radius 2 is 2.12 bits per heavy atom. The number of pyridine rings is 1. The molecule has 0 spiro atoms. The molecule has 1 aliphatic carbocycles. The van der Waals surface area contributed by atoms with Crippen LogP contribution in [-0.2, 0) is 0 Å². The van der Waals surface area contributed by atoms with Crippen LogP contribution in [0.1, 0.15) is 50.5 Å². The van der Waals surface area contributed by atoms with Gasteiger partial charge >= 0.3 is 0 Å². The van der Waals surface area contributed by atoms with Crippen molar-refractivity contribution in [1.29, 1.82) is 0 Å². The van der Waals surface area contributed by atoms with E-state index in [1.807, 2.05) is 6.20 Å². The molecule has 1 saturated carbocycles. The minimum absolute atomic E-state index is 0.647. The van der Waals surface area contributed by atoms with Crippen LogP contribution in [0.5, 0.6) is 0 Å². The molecule has 3 heteroatoms. The van der Waals surface area contributed by atoms with Crippen molar-refractivity contribution in [3.63, 3.8) is 0 Å². The third-order valence-corrected chi connectivity index (χ3v) is 3.41. The molecule has 88 valence electrons. The standard InChI is InChI=1S/C13H21N3/c1-2-15-13-12(14)11(8-9-16-13)10-6-4-3-5-7-10/h8-10H,2-7,14H2,1H3,(H,15,16). The lowest BCUT2D eigenvalue weighted by Crippen LogP contribution is -2.10. The summed E-state index contributed by atoms with van der Waals surface area (Å²) in [6.07, 6.45) is 8.48. The van der Waals surface area contributed by atoms with E-state index < -0.39 is 0 Å². The van der Waals surface area contributed by atoms with Gasteiger partial charge in [0.15, 0.2) is 0 Å². The van der Waals surface area contributed by atoms with E-state index in [4.69, 9.17) is 5.73 Å². The summed E-state index contributed by atoms with van der Waals surface area (Å²) in [6, 6.07) is 2.09. The molecule has 1 aromatic rings.